The third-order valence-electron chi connectivity index (χ3n) is 2.53. The van der Waals surface area contributed by atoms with E-state index >= 15 is 0 Å². The van der Waals surface area contributed by atoms with Crippen LogP contribution in [0.3, 0.4) is 0 Å². The zero-order valence-electron chi connectivity index (χ0n) is 12.2. The number of carbonyl (C=O) groups is 1. The molecular formula is C14H20BrNO2SSi. The van der Waals surface area contributed by atoms with E-state index in [9.17, 15) is 4.79 Å². The topological polar surface area (TPSA) is 38.3 Å². The Morgan fingerprint density at radius 1 is 1.40 bits per heavy atom. The first-order chi connectivity index (χ1) is 9.19. The summed E-state index contributed by atoms with van der Waals surface area (Å²) in [6.45, 7) is 8.55. The van der Waals surface area contributed by atoms with Crippen LogP contribution in [0.25, 0.3) is 0 Å². The minimum atomic E-state index is -1.17. The van der Waals surface area contributed by atoms with E-state index in [1.807, 2.05) is 18.2 Å². The summed E-state index contributed by atoms with van der Waals surface area (Å²) in [6, 6.07) is 5.83. The molecule has 0 saturated heterocycles. The van der Waals surface area contributed by atoms with E-state index in [4.69, 9.17) is 17.0 Å². The van der Waals surface area contributed by atoms with E-state index in [1.54, 1.807) is 0 Å². The average molecular weight is 374 g/mol. The van der Waals surface area contributed by atoms with Gasteiger partial charge in [0.05, 0.1) is 8.07 Å². The number of halogens is 1. The van der Waals surface area contributed by atoms with Gasteiger partial charge in [-0.15, -0.1) is 0 Å². The molecule has 0 amide bonds. The smallest absolute Gasteiger partial charge is 0.302 e. The molecule has 0 bridgehead atoms. The largest absolute Gasteiger partial charge is 0.461 e. The lowest BCUT2D eigenvalue weighted by molar-refractivity contribution is -0.142. The second-order valence-corrected chi connectivity index (χ2v) is 12.6. The van der Waals surface area contributed by atoms with Gasteiger partial charge in [-0.2, -0.15) is 0 Å². The fourth-order valence-corrected chi connectivity index (χ4v) is 2.96. The van der Waals surface area contributed by atoms with Crippen molar-refractivity contribution in [1.29, 1.82) is 0 Å². The van der Waals surface area contributed by atoms with Gasteiger partial charge in [0.15, 0.2) is 0 Å². The molecular weight excluding hydrogens is 354 g/mol. The monoisotopic (exact) mass is 373 g/mol. The number of hydrogen-bond acceptors (Lipinski definition) is 3. The normalized spacial score (nSPS) is 11.1. The molecule has 0 radical (unpaired) electrons. The molecule has 0 aromatic heterocycles. The van der Waals surface area contributed by atoms with Gasteiger partial charge in [-0.3, -0.25) is 4.79 Å². The molecule has 0 unspecified atom stereocenters. The minimum absolute atomic E-state index is 0.269. The molecule has 1 aromatic carbocycles. The van der Waals surface area contributed by atoms with Gasteiger partial charge in [-0.05, 0) is 6.07 Å². The Labute approximate surface area is 135 Å². The van der Waals surface area contributed by atoms with Crippen LogP contribution in [0.4, 0.5) is 0 Å². The maximum absolute atomic E-state index is 10.8. The highest BCUT2D eigenvalue weighted by molar-refractivity contribution is 9.10. The number of benzene rings is 1. The molecule has 0 saturated carbocycles. The van der Waals surface area contributed by atoms with Crippen LogP contribution < -0.4 is 5.32 Å². The van der Waals surface area contributed by atoms with Crippen LogP contribution in [0.1, 0.15) is 18.1 Å². The average Bonchev–Trinajstić information content (AvgIpc) is 2.33. The van der Waals surface area contributed by atoms with Gasteiger partial charge >= 0.3 is 5.97 Å². The molecule has 6 heteroatoms. The lowest BCUT2D eigenvalue weighted by Gasteiger charge is -2.18. The third kappa shape index (κ3) is 6.15. The number of esters is 1. The van der Waals surface area contributed by atoms with Crippen LogP contribution in [-0.2, 0) is 16.1 Å². The first-order valence-electron chi connectivity index (χ1n) is 6.39. The van der Waals surface area contributed by atoms with E-state index in [-0.39, 0.29) is 12.6 Å². The number of ether oxygens (including phenoxy) is 1. The van der Waals surface area contributed by atoms with Crippen LogP contribution in [0.2, 0.25) is 19.6 Å². The second-order valence-electron chi connectivity index (χ2n) is 5.83. The number of nitrogens with one attached hydrogen (secondary N) is 1. The lowest BCUT2D eigenvalue weighted by atomic mass is 10.1. The Balaban J connectivity index is 2.71. The molecule has 0 spiro atoms. The fraction of sp³-hybridized carbons (Fsp3) is 0.429. The molecule has 0 fully saturated rings. The van der Waals surface area contributed by atoms with Gasteiger partial charge in [0.25, 0.3) is 0 Å². The predicted octanol–water partition coefficient (Wildman–Crippen LogP) is 3.65. The molecule has 0 aliphatic heterocycles. The van der Waals surface area contributed by atoms with Crippen molar-refractivity contribution in [2.75, 3.05) is 6.17 Å². The molecule has 20 heavy (non-hydrogen) atoms. The number of thiocarbonyl (C=S) groups is 1. The molecule has 1 rings (SSSR count). The van der Waals surface area contributed by atoms with Crippen LogP contribution in [-0.4, -0.2) is 25.2 Å². The Hall–Kier alpha value is -0.723. The van der Waals surface area contributed by atoms with Crippen LogP contribution in [0, 0.1) is 0 Å². The van der Waals surface area contributed by atoms with Gasteiger partial charge < -0.3 is 10.1 Å². The molecule has 3 nitrogen and oxygen atoms in total. The van der Waals surface area contributed by atoms with Gasteiger partial charge in [-0.25, -0.2) is 0 Å². The highest BCUT2D eigenvalue weighted by Gasteiger charge is 2.14. The summed E-state index contributed by atoms with van der Waals surface area (Å²) in [5.74, 6) is -0.284. The third-order valence-corrected chi connectivity index (χ3v) is 4.88. The van der Waals surface area contributed by atoms with Crippen molar-refractivity contribution in [2.24, 2.45) is 0 Å². The molecule has 0 atom stereocenters. The lowest BCUT2D eigenvalue weighted by Crippen LogP contribution is -2.39. The van der Waals surface area contributed by atoms with Crippen LogP contribution in [0.5, 0.6) is 0 Å². The van der Waals surface area contributed by atoms with Gasteiger partial charge in [0.2, 0.25) is 0 Å². The summed E-state index contributed by atoms with van der Waals surface area (Å²) in [4.78, 5) is 11.6. The van der Waals surface area contributed by atoms with Crippen molar-refractivity contribution in [1.82, 2.24) is 5.32 Å². The number of hydrogen-bond donors (Lipinski definition) is 1. The maximum Gasteiger partial charge on any atom is 0.302 e. The number of rotatable bonds is 5. The zero-order valence-corrected chi connectivity index (χ0v) is 15.7. The Morgan fingerprint density at radius 3 is 2.55 bits per heavy atom. The van der Waals surface area contributed by atoms with Gasteiger partial charge in [0, 0.05) is 28.7 Å². The van der Waals surface area contributed by atoms with E-state index in [0.29, 0.717) is 0 Å². The van der Waals surface area contributed by atoms with Crippen molar-refractivity contribution >= 4 is 47.2 Å². The molecule has 1 N–H and O–H groups in total. The summed E-state index contributed by atoms with van der Waals surface area (Å²) < 4.78 is 5.89. The van der Waals surface area contributed by atoms with Gasteiger partial charge in [0.1, 0.15) is 11.6 Å². The van der Waals surface area contributed by atoms with Crippen LogP contribution >= 0.6 is 28.1 Å². The van der Waals surface area contributed by atoms with E-state index in [0.717, 1.165) is 26.8 Å². The van der Waals surface area contributed by atoms with Gasteiger partial charge in [-0.1, -0.05) is 59.9 Å². The van der Waals surface area contributed by atoms with Crippen molar-refractivity contribution in [3.8, 4) is 0 Å². The molecule has 1 aromatic rings. The maximum atomic E-state index is 10.8. The van der Waals surface area contributed by atoms with Crippen molar-refractivity contribution in [3.63, 3.8) is 0 Å². The standard InChI is InChI=1S/C14H20BrNO2SSi/c1-10(17)18-8-12-6-5-11(7-13(12)15)14(19)16-9-20(2,3)4/h5-7H,8-9H2,1-4H3,(H,16,19). The summed E-state index contributed by atoms with van der Waals surface area (Å²) in [5.41, 5.74) is 1.90. The Morgan fingerprint density at radius 2 is 2.05 bits per heavy atom. The molecule has 0 aliphatic carbocycles. The van der Waals surface area contributed by atoms with Crippen molar-refractivity contribution in [3.05, 3.63) is 33.8 Å². The quantitative estimate of drug-likeness (QED) is 0.485. The van der Waals surface area contributed by atoms with Crippen LogP contribution in [0.15, 0.2) is 22.7 Å². The van der Waals surface area contributed by atoms with E-state index < -0.39 is 8.07 Å². The summed E-state index contributed by atoms with van der Waals surface area (Å²) in [5, 5.41) is 3.32. The van der Waals surface area contributed by atoms with E-state index in [2.05, 4.69) is 40.9 Å². The predicted molar refractivity (Wildman–Crippen MR) is 92.7 cm³/mol. The van der Waals surface area contributed by atoms with Crippen molar-refractivity contribution < 1.29 is 9.53 Å². The summed E-state index contributed by atoms with van der Waals surface area (Å²) >= 11 is 8.89. The highest BCUT2D eigenvalue weighted by atomic mass is 79.9. The zero-order chi connectivity index (χ0) is 15.3. The van der Waals surface area contributed by atoms with Crippen molar-refractivity contribution in [2.45, 2.75) is 33.2 Å². The molecule has 0 heterocycles. The first kappa shape index (κ1) is 17.3. The SMILES string of the molecule is CC(=O)OCc1ccc(C(=S)NC[Si](C)(C)C)cc1Br. The first-order valence-corrected chi connectivity index (χ1v) is 11.3. The Kier molecular flexibility index (Phi) is 6.35. The Bertz CT molecular complexity index is 514. The minimum Gasteiger partial charge on any atom is -0.461 e. The highest BCUT2D eigenvalue weighted by Crippen LogP contribution is 2.20. The van der Waals surface area contributed by atoms with E-state index in [1.165, 1.54) is 6.92 Å². The molecule has 110 valence electrons. The number of carbonyl (C=O) groups excluding carboxylic acids is 1. The summed E-state index contributed by atoms with van der Waals surface area (Å²) in [7, 11) is -1.17. The second kappa shape index (κ2) is 7.33. The molecule has 0 aliphatic rings. The fourth-order valence-electron chi connectivity index (χ4n) is 1.43. The summed E-state index contributed by atoms with van der Waals surface area (Å²) in [6.07, 6.45) is 0.957.